The van der Waals surface area contributed by atoms with Crippen molar-refractivity contribution in [3.05, 3.63) is 0 Å². The van der Waals surface area contributed by atoms with Crippen molar-refractivity contribution in [2.24, 2.45) is 17.4 Å². The summed E-state index contributed by atoms with van der Waals surface area (Å²) in [5.74, 6) is -3.66. The smallest absolute Gasteiger partial charge is 0.326 e. The van der Waals surface area contributed by atoms with E-state index in [1.807, 2.05) is 6.26 Å². The maximum absolute atomic E-state index is 12.7. The molecular formula is C18H33N5O6S. The fraction of sp³-hybridized carbons (Fsp3) is 0.722. The molecule has 4 amide bonds. The van der Waals surface area contributed by atoms with Crippen molar-refractivity contribution in [3.8, 4) is 0 Å². The summed E-state index contributed by atoms with van der Waals surface area (Å²) in [4.78, 5) is 59.9. The standard InChI is InChI=1S/C18H33N5O6S/c1-9(2)7-13(18(28)29)23-17(27)12(8-14(20)24)22-16(26)11(5-6-30-4)21-15(25)10(3)19/h9-13H,5-8,19H2,1-4H3,(H2,20,24)(H,21,25)(H,22,26)(H,23,27)(H,28,29). The van der Waals surface area contributed by atoms with E-state index < -0.39 is 60.2 Å². The quantitative estimate of drug-likeness (QED) is 0.186. The first kappa shape index (κ1) is 27.7. The van der Waals surface area contributed by atoms with Crippen LogP contribution in [-0.2, 0) is 24.0 Å². The molecule has 8 N–H and O–H groups in total. The van der Waals surface area contributed by atoms with Crippen LogP contribution in [0.15, 0.2) is 0 Å². The lowest BCUT2D eigenvalue weighted by Crippen LogP contribution is -2.57. The highest BCUT2D eigenvalue weighted by atomic mass is 32.2. The third kappa shape index (κ3) is 11.0. The fourth-order valence-electron chi connectivity index (χ4n) is 2.46. The highest BCUT2D eigenvalue weighted by Crippen LogP contribution is 2.07. The monoisotopic (exact) mass is 447 g/mol. The van der Waals surface area contributed by atoms with E-state index in [1.54, 1.807) is 13.8 Å². The van der Waals surface area contributed by atoms with Crippen molar-refractivity contribution < 1.29 is 29.1 Å². The maximum Gasteiger partial charge on any atom is 0.326 e. The number of carbonyl (C=O) groups is 5. The molecule has 0 aromatic rings. The van der Waals surface area contributed by atoms with Gasteiger partial charge in [0.2, 0.25) is 23.6 Å². The van der Waals surface area contributed by atoms with Gasteiger partial charge in [-0.25, -0.2) is 4.79 Å². The minimum absolute atomic E-state index is 0.0139. The summed E-state index contributed by atoms with van der Waals surface area (Å²) in [6.45, 7) is 5.05. The summed E-state index contributed by atoms with van der Waals surface area (Å²) in [5.41, 5.74) is 10.7. The van der Waals surface area contributed by atoms with Gasteiger partial charge in [-0.1, -0.05) is 13.8 Å². The molecule has 4 atom stereocenters. The predicted octanol–water partition coefficient (Wildman–Crippen LogP) is -1.45. The third-order valence-electron chi connectivity index (χ3n) is 4.02. The van der Waals surface area contributed by atoms with Gasteiger partial charge in [0, 0.05) is 0 Å². The van der Waals surface area contributed by atoms with Gasteiger partial charge in [-0.05, 0) is 37.7 Å². The van der Waals surface area contributed by atoms with Crippen LogP contribution in [0.4, 0.5) is 0 Å². The molecule has 172 valence electrons. The Morgan fingerprint density at radius 3 is 1.83 bits per heavy atom. The van der Waals surface area contributed by atoms with Crippen molar-refractivity contribution in [3.63, 3.8) is 0 Å². The molecule has 0 aliphatic rings. The van der Waals surface area contributed by atoms with Crippen molar-refractivity contribution in [2.45, 2.75) is 64.2 Å². The van der Waals surface area contributed by atoms with Crippen molar-refractivity contribution in [1.82, 2.24) is 16.0 Å². The van der Waals surface area contributed by atoms with Gasteiger partial charge in [-0.15, -0.1) is 0 Å². The molecular weight excluding hydrogens is 414 g/mol. The van der Waals surface area contributed by atoms with Gasteiger partial charge in [0.05, 0.1) is 12.5 Å². The van der Waals surface area contributed by atoms with Crippen LogP contribution >= 0.6 is 11.8 Å². The zero-order chi connectivity index (χ0) is 23.4. The molecule has 0 spiro atoms. The van der Waals surface area contributed by atoms with E-state index >= 15 is 0 Å². The number of hydrogen-bond acceptors (Lipinski definition) is 7. The van der Waals surface area contributed by atoms with Crippen LogP contribution in [0.5, 0.6) is 0 Å². The highest BCUT2D eigenvalue weighted by Gasteiger charge is 2.31. The van der Waals surface area contributed by atoms with Crippen LogP contribution in [0, 0.1) is 5.92 Å². The molecule has 0 aliphatic carbocycles. The Kier molecular flexibility index (Phi) is 12.7. The van der Waals surface area contributed by atoms with Crippen molar-refractivity contribution in [2.75, 3.05) is 12.0 Å². The SMILES string of the molecule is CSCCC(NC(=O)C(C)N)C(=O)NC(CC(N)=O)C(=O)NC(CC(C)C)C(=O)O. The first-order valence-electron chi connectivity index (χ1n) is 9.55. The van der Waals surface area contributed by atoms with E-state index in [0.29, 0.717) is 5.75 Å². The van der Waals surface area contributed by atoms with Gasteiger partial charge in [-0.3, -0.25) is 19.2 Å². The topological polar surface area (TPSA) is 194 Å². The highest BCUT2D eigenvalue weighted by molar-refractivity contribution is 7.98. The van der Waals surface area contributed by atoms with E-state index in [2.05, 4.69) is 16.0 Å². The van der Waals surface area contributed by atoms with Crippen LogP contribution in [0.3, 0.4) is 0 Å². The Hall–Kier alpha value is -2.34. The summed E-state index contributed by atoms with van der Waals surface area (Å²) < 4.78 is 0. The van der Waals surface area contributed by atoms with Gasteiger partial charge in [-0.2, -0.15) is 11.8 Å². The molecule has 0 bridgehead atoms. The maximum atomic E-state index is 12.7. The number of primary amides is 1. The Balaban J connectivity index is 5.40. The zero-order valence-corrected chi connectivity index (χ0v) is 18.6. The van der Waals surface area contributed by atoms with Crippen LogP contribution in [0.1, 0.15) is 40.0 Å². The van der Waals surface area contributed by atoms with E-state index in [-0.39, 0.29) is 18.8 Å². The van der Waals surface area contributed by atoms with Gasteiger partial charge in [0.1, 0.15) is 18.1 Å². The number of carboxylic acids is 1. The van der Waals surface area contributed by atoms with Crippen LogP contribution in [0.2, 0.25) is 0 Å². The van der Waals surface area contributed by atoms with E-state index in [4.69, 9.17) is 11.5 Å². The van der Waals surface area contributed by atoms with Crippen LogP contribution < -0.4 is 27.4 Å². The molecule has 0 aromatic carbocycles. The molecule has 0 aliphatic heterocycles. The third-order valence-corrected chi connectivity index (χ3v) is 4.66. The van der Waals surface area contributed by atoms with Gasteiger partial charge in [0.25, 0.3) is 0 Å². The number of amides is 4. The molecule has 0 saturated carbocycles. The molecule has 0 aromatic heterocycles. The lowest BCUT2D eigenvalue weighted by Gasteiger charge is -2.24. The number of rotatable bonds is 14. The molecule has 12 heteroatoms. The van der Waals surface area contributed by atoms with Crippen molar-refractivity contribution >= 4 is 41.4 Å². The lowest BCUT2D eigenvalue weighted by atomic mass is 10.0. The Morgan fingerprint density at radius 1 is 0.900 bits per heavy atom. The minimum Gasteiger partial charge on any atom is -0.480 e. The molecule has 11 nitrogen and oxygen atoms in total. The largest absolute Gasteiger partial charge is 0.480 e. The fourth-order valence-corrected chi connectivity index (χ4v) is 2.93. The van der Waals surface area contributed by atoms with Crippen LogP contribution in [0.25, 0.3) is 0 Å². The summed E-state index contributed by atoms with van der Waals surface area (Å²) in [6, 6.07) is -4.39. The van der Waals surface area contributed by atoms with Crippen molar-refractivity contribution in [1.29, 1.82) is 0 Å². The Labute approximate surface area is 180 Å². The van der Waals surface area contributed by atoms with Gasteiger partial charge in [0.15, 0.2) is 0 Å². The number of hydrogen-bond donors (Lipinski definition) is 6. The molecule has 0 saturated heterocycles. The van der Waals surface area contributed by atoms with E-state index in [1.165, 1.54) is 18.7 Å². The van der Waals surface area contributed by atoms with Gasteiger partial charge < -0.3 is 32.5 Å². The predicted molar refractivity (Wildman–Crippen MR) is 113 cm³/mol. The average molecular weight is 448 g/mol. The lowest BCUT2D eigenvalue weighted by molar-refractivity contribution is -0.143. The molecule has 30 heavy (non-hydrogen) atoms. The molecule has 0 heterocycles. The minimum atomic E-state index is -1.38. The summed E-state index contributed by atoms with van der Waals surface area (Å²) in [6.07, 6.45) is 1.73. The number of nitrogens with two attached hydrogens (primary N) is 2. The first-order valence-corrected chi connectivity index (χ1v) is 10.9. The molecule has 0 fully saturated rings. The second-order valence-corrected chi connectivity index (χ2v) is 8.38. The average Bonchev–Trinajstić information content (AvgIpc) is 2.62. The number of thioether (sulfide) groups is 1. The zero-order valence-electron chi connectivity index (χ0n) is 17.8. The summed E-state index contributed by atoms with van der Waals surface area (Å²) >= 11 is 1.45. The number of aliphatic carboxylic acids is 1. The van der Waals surface area contributed by atoms with Gasteiger partial charge >= 0.3 is 5.97 Å². The second-order valence-electron chi connectivity index (χ2n) is 7.39. The number of carbonyl (C=O) groups excluding carboxylic acids is 4. The second kappa shape index (κ2) is 13.8. The van der Waals surface area contributed by atoms with E-state index in [0.717, 1.165) is 0 Å². The number of carboxylic acid groups (broad SMARTS) is 1. The molecule has 4 unspecified atom stereocenters. The molecule has 0 radical (unpaired) electrons. The number of nitrogens with one attached hydrogen (secondary N) is 3. The summed E-state index contributed by atoms with van der Waals surface area (Å²) in [5, 5.41) is 16.5. The Bertz CT molecular complexity index is 628. The first-order chi connectivity index (χ1) is 13.9. The van der Waals surface area contributed by atoms with E-state index in [9.17, 15) is 29.1 Å². The normalized spacial score (nSPS) is 14.9. The Morgan fingerprint density at radius 2 is 1.40 bits per heavy atom. The summed E-state index contributed by atoms with van der Waals surface area (Å²) in [7, 11) is 0. The molecule has 0 rings (SSSR count). The van der Waals surface area contributed by atoms with Crippen LogP contribution in [-0.4, -0.2) is 70.9 Å².